The van der Waals surface area contributed by atoms with Crippen LogP contribution in [0.25, 0.3) is 0 Å². The molecule has 0 aliphatic carbocycles. The fraction of sp³-hybridized carbons (Fsp3) is 0.750. The molecule has 8 N–H and O–H groups in total. The van der Waals surface area contributed by atoms with Crippen LogP contribution in [0.5, 0.6) is 0 Å². The van der Waals surface area contributed by atoms with E-state index < -0.39 is 51.9 Å². The Kier molecular flexibility index (Phi) is 15.3. The molecule has 0 rings (SSSR count). The van der Waals surface area contributed by atoms with Gasteiger partial charge in [0.2, 0.25) is 0 Å². The third-order valence-corrected chi connectivity index (χ3v) is 3.38. The van der Waals surface area contributed by atoms with Crippen molar-refractivity contribution in [2.24, 2.45) is 11.5 Å². The van der Waals surface area contributed by atoms with E-state index >= 15 is 0 Å². The molecule has 0 amide bonds. The molecule has 0 saturated carbocycles. The van der Waals surface area contributed by atoms with E-state index in [2.05, 4.69) is 9.05 Å². The molecule has 0 radical (unpaired) electrons. The Labute approximate surface area is 172 Å². The van der Waals surface area contributed by atoms with Crippen molar-refractivity contribution in [1.29, 1.82) is 0 Å². The van der Waals surface area contributed by atoms with E-state index in [1.807, 2.05) is 0 Å². The summed E-state index contributed by atoms with van der Waals surface area (Å²) in [7, 11) is -9.37. The zero-order valence-electron chi connectivity index (χ0n) is 13.1. The molecule has 0 spiro atoms. The molecule has 4 atom stereocenters. The van der Waals surface area contributed by atoms with Crippen LogP contribution in [-0.4, -0.2) is 93.5 Å². The molecule has 0 aromatic heterocycles. The van der Waals surface area contributed by atoms with Crippen molar-refractivity contribution in [3.8, 4) is 0 Å². The Morgan fingerprint density at radius 2 is 1.04 bits per heavy atom. The third-order valence-electron chi connectivity index (χ3n) is 2.16. The van der Waals surface area contributed by atoms with Crippen LogP contribution in [0.15, 0.2) is 0 Å². The topological polar surface area (TPSA) is 266 Å². The quantitative estimate of drug-likeness (QED) is 0.153. The molecule has 14 nitrogen and oxygen atoms in total. The summed E-state index contributed by atoms with van der Waals surface area (Å²) < 4.78 is 28.3. The Bertz CT molecular complexity index is 475. The van der Waals surface area contributed by atoms with Crippen LogP contribution in [0.3, 0.4) is 0 Å². The zero-order chi connectivity index (χ0) is 19.9. The molecule has 0 saturated heterocycles. The number of phosphoric ester groups is 2. The van der Waals surface area contributed by atoms with Gasteiger partial charge in [-0.25, -0.2) is 9.13 Å². The standard InChI is InChI=1S/2C4H10NO6P.Ca/c2*1-2(3(5)4(6)7)11-12(8,9)10;/h2*2-3H,5H2,1H3,(H,6,7)(H2,8,9,10);/q;;+2/p-2/t2*2-,3+;/m11./s1. The molecule has 25 heavy (non-hydrogen) atoms. The SMILES string of the molecule is C[C@@H](OP(=O)(O)O)[C@H](N)C(=O)[O-].C[C@@H](OP(=O)(O)O)[C@H](N)C(=O)[O-].[Ca+2]. The molecule has 0 bridgehead atoms. The maximum absolute atomic E-state index is 10.2. The predicted octanol–water partition coefficient (Wildman–Crippen LogP) is -5.26. The van der Waals surface area contributed by atoms with Gasteiger partial charge in [0.15, 0.2) is 0 Å². The van der Waals surface area contributed by atoms with E-state index in [0.717, 1.165) is 13.8 Å². The minimum absolute atomic E-state index is 0. The number of hydrogen-bond donors (Lipinski definition) is 6. The van der Waals surface area contributed by atoms with Gasteiger partial charge >= 0.3 is 53.4 Å². The van der Waals surface area contributed by atoms with Crippen molar-refractivity contribution in [3.05, 3.63) is 0 Å². The van der Waals surface area contributed by atoms with Gasteiger partial charge in [-0.2, -0.15) is 0 Å². The van der Waals surface area contributed by atoms with E-state index in [1.54, 1.807) is 0 Å². The average molecular weight is 436 g/mol. The summed E-state index contributed by atoms with van der Waals surface area (Å²) in [5.74, 6) is -3.26. The number of hydrogen-bond acceptors (Lipinski definition) is 10. The smallest absolute Gasteiger partial charge is 0.548 e. The van der Waals surface area contributed by atoms with Gasteiger partial charge in [0.05, 0.1) is 36.2 Å². The van der Waals surface area contributed by atoms with Crippen molar-refractivity contribution in [2.45, 2.75) is 38.1 Å². The van der Waals surface area contributed by atoms with Crippen LogP contribution in [0, 0.1) is 0 Å². The second-order valence-electron chi connectivity index (χ2n) is 4.29. The number of rotatable bonds is 8. The average Bonchev–Trinajstić information content (AvgIpc) is 2.33. The second-order valence-corrected chi connectivity index (χ2v) is 6.68. The minimum atomic E-state index is -4.69. The number of carboxylic acid groups (broad SMARTS) is 2. The van der Waals surface area contributed by atoms with Crippen molar-refractivity contribution in [2.75, 3.05) is 0 Å². The van der Waals surface area contributed by atoms with Crippen molar-refractivity contribution in [3.63, 3.8) is 0 Å². The maximum Gasteiger partial charge on any atom is 2.00 e. The van der Waals surface area contributed by atoms with Gasteiger partial charge in [-0.1, -0.05) is 0 Å². The number of carboxylic acids is 2. The van der Waals surface area contributed by atoms with Crippen LogP contribution < -0.4 is 21.7 Å². The first-order chi connectivity index (χ1) is 10.5. The van der Waals surface area contributed by atoms with Gasteiger partial charge in [-0.15, -0.1) is 0 Å². The molecule has 0 heterocycles. The molecular weight excluding hydrogens is 418 g/mol. The van der Waals surface area contributed by atoms with Gasteiger partial charge in [0.1, 0.15) is 0 Å². The molecule has 0 aliphatic heterocycles. The van der Waals surface area contributed by atoms with E-state index in [0.29, 0.717) is 0 Å². The molecule has 0 aromatic carbocycles. The number of nitrogens with two attached hydrogens (primary N) is 2. The largest absolute Gasteiger partial charge is 2.00 e. The monoisotopic (exact) mass is 436 g/mol. The molecule has 17 heteroatoms. The van der Waals surface area contributed by atoms with Crippen LogP contribution >= 0.6 is 15.6 Å². The molecule has 0 fully saturated rings. The first kappa shape index (κ1) is 30.1. The first-order valence-corrected chi connectivity index (χ1v) is 8.94. The first-order valence-electron chi connectivity index (χ1n) is 5.88. The van der Waals surface area contributed by atoms with Crippen LogP contribution in [0.4, 0.5) is 0 Å². The fourth-order valence-corrected chi connectivity index (χ4v) is 2.08. The maximum atomic E-state index is 10.2. The number of carbonyl (C=O) groups excluding carboxylic acids is 2. The van der Waals surface area contributed by atoms with Crippen molar-refractivity contribution < 1.29 is 57.6 Å². The zero-order valence-corrected chi connectivity index (χ0v) is 17.1. The Morgan fingerprint density at radius 3 is 1.16 bits per heavy atom. The van der Waals surface area contributed by atoms with Crippen LogP contribution in [-0.2, 0) is 27.8 Å². The van der Waals surface area contributed by atoms with Crippen molar-refractivity contribution in [1.82, 2.24) is 0 Å². The third kappa shape index (κ3) is 17.5. The van der Waals surface area contributed by atoms with Gasteiger partial charge in [0, 0.05) is 0 Å². The van der Waals surface area contributed by atoms with Crippen LogP contribution in [0.1, 0.15) is 13.8 Å². The molecule has 0 unspecified atom stereocenters. The molecule has 0 aromatic rings. The van der Waals surface area contributed by atoms with Crippen molar-refractivity contribution >= 4 is 65.3 Å². The van der Waals surface area contributed by atoms with E-state index in [1.165, 1.54) is 0 Å². The van der Waals surface area contributed by atoms with Gasteiger partial charge in [-0.3, -0.25) is 9.05 Å². The van der Waals surface area contributed by atoms with Gasteiger partial charge in [0.25, 0.3) is 0 Å². The Morgan fingerprint density at radius 1 is 0.840 bits per heavy atom. The van der Waals surface area contributed by atoms with E-state index in [9.17, 15) is 28.9 Å². The van der Waals surface area contributed by atoms with E-state index in [-0.39, 0.29) is 37.7 Å². The molecular formula is C8H18CaN2O12P2. The fourth-order valence-electron chi connectivity index (χ4n) is 0.948. The Balaban J connectivity index is -0.000000372. The Hall–Kier alpha value is 0.340. The summed E-state index contributed by atoms with van der Waals surface area (Å²) in [5.41, 5.74) is 9.87. The molecule has 144 valence electrons. The second kappa shape index (κ2) is 12.7. The predicted molar refractivity (Wildman–Crippen MR) is 76.9 cm³/mol. The number of phosphoric acid groups is 2. The normalized spacial score (nSPS) is 16.3. The summed E-state index contributed by atoms with van der Waals surface area (Å²) in [6, 6.07) is -3.12. The summed E-state index contributed by atoms with van der Waals surface area (Å²) >= 11 is 0. The summed E-state index contributed by atoms with van der Waals surface area (Å²) in [5, 5.41) is 20.1. The van der Waals surface area contributed by atoms with Crippen LogP contribution in [0.2, 0.25) is 0 Å². The van der Waals surface area contributed by atoms with Gasteiger partial charge < -0.3 is 50.8 Å². The van der Waals surface area contributed by atoms with E-state index in [4.69, 9.17) is 31.0 Å². The minimum Gasteiger partial charge on any atom is -0.548 e. The number of carbonyl (C=O) groups is 2. The molecule has 0 aliphatic rings. The summed E-state index contributed by atoms with van der Waals surface area (Å²) in [6.45, 7) is 2.25. The summed E-state index contributed by atoms with van der Waals surface area (Å²) in [4.78, 5) is 53.1. The number of aliphatic carboxylic acids is 2. The van der Waals surface area contributed by atoms with Gasteiger partial charge in [-0.05, 0) is 13.8 Å². The summed E-state index contributed by atoms with van der Waals surface area (Å²) in [6.07, 6.45) is -2.59.